The topological polar surface area (TPSA) is 29.9 Å². The summed E-state index contributed by atoms with van der Waals surface area (Å²) in [4.78, 5) is 0. The molecule has 2 aromatic rings. The number of rotatable bonds is 5. The predicted octanol–water partition coefficient (Wildman–Crippen LogP) is 3.64. The van der Waals surface area contributed by atoms with E-state index in [2.05, 4.69) is 62.8 Å². The first-order valence-corrected chi connectivity index (χ1v) is 7.75. The van der Waals surface area contributed by atoms with Crippen LogP contribution in [-0.2, 0) is 13.0 Å². The summed E-state index contributed by atoms with van der Waals surface area (Å²) in [6, 6.07) is 6.94. The van der Waals surface area contributed by atoms with Gasteiger partial charge in [-0.2, -0.15) is 5.10 Å². The Kier molecular flexibility index (Phi) is 4.84. The lowest BCUT2D eigenvalue weighted by Gasteiger charge is -2.20. The minimum absolute atomic E-state index is 0.285. The minimum atomic E-state index is 0.285. The van der Waals surface area contributed by atoms with Gasteiger partial charge in [-0.3, -0.25) is 4.68 Å². The summed E-state index contributed by atoms with van der Waals surface area (Å²) in [6.45, 7) is 11.7. The molecule has 3 heteroatoms. The lowest BCUT2D eigenvalue weighted by molar-refractivity contribution is 0.458. The van der Waals surface area contributed by atoms with Crippen molar-refractivity contribution in [2.24, 2.45) is 0 Å². The molecular weight excluding hydrogens is 258 g/mol. The molecule has 114 valence electrons. The number of aromatic nitrogens is 2. The predicted molar refractivity (Wildman–Crippen MR) is 88.8 cm³/mol. The van der Waals surface area contributed by atoms with Crippen molar-refractivity contribution >= 4 is 0 Å². The van der Waals surface area contributed by atoms with E-state index in [1.165, 1.54) is 27.9 Å². The van der Waals surface area contributed by atoms with Crippen LogP contribution in [0.1, 0.15) is 46.6 Å². The van der Waals surface area contributed by atoms with E-state index >= 15 is 0 Å². The van der Waals surface area contributed by atoms with E-state index in [0.717, 1.165) is 18.7 Å². The summed E-state index contributed by atoms with van der Waals surface area (Å²) in [7, 11) is 2.03. The molecule has 21 heavy (non-hydrogen) atoms. The molecule has 1 N–H and O–H groups in total. The molecule has 0 saturated heterocycles. The van der Waals surface area contributed by atoms with Crippen LogP contribution in [0.2, 0.25) is 0 Å². The van der Waals surface area contributed by atoms with E-state index < -0.39 is 0 Å². The summed E-state index contributed by atoms with van der Waals surface area (Å²) in [5.41, 5.74) is 7.83. The number of benzene rings is 1. The summed E-state index contributed by atoms with van der Waals surface area (Å²) in [6.07, 6.45) is 1.05. The van der Waals surface area contributed by atoms with Crippen LogP contribution < -0.4 is 5.32 Å². The SMILES string of the molecule is CCc1c(C)nn(CC(NC)c2cc(C)ccc2C)c1C. The van der Waals surface area contributed by atoms with Gasteiger partial charge >= 0.3 is 0 Å². The van der Waals surface area contributed by atoms with Gasteiger partial charge in [0.15, 0.2) is 0 Å². The maximum atomic E-state index is 4.72. The first-order chi connectivity index (χ1) is 9.97. The number of likely N-dealkylation sites (N-methyl/N-ethyl adjacent to an activating group) is 1. The van der Waals surface area contributed by atoms with Crippen LogP contribution in [0.3, 0.4) is 0 Å². The fourth-order valence-electron chi connectivity index (χ4n) is 3.08. The molecule has 1 heterocycles. The van der Waals surface area contributed by atoms with Crippen LogP contribution in [0.4, 0.5) is 0 Å². The lowest BCUT2D eigenvalue weighted by Crippen LogP contribution is -2.24. The fourth-order valence-corrected chi connectivity index (χ4v) is 3.08. The van der Waals surface area contributed by atoms with E-state index in [-0.39, 0.29) is 6.04 Å². The van der Waals surface area contributed by atoms with Crippen LogP contribution in [-0.4, -0.2) is 16.8 Å². The second-order valence-electron chi connectivity index (χ2n) is 5.89. The Balaban J connectivity index is 2.33. The molecule has 0 aliphatic carbocycles. The second kappa shape index (κ2) is 6.44. The Bertz CT molecular complexity index is 626. The van der Waals surface area contributed by atoms with Gasteiger partial charge in [0.05, 0.1) is 18.3 Å². The van der Waals surface area contributed by atoms with Crippen LogP contribution in [0.15, 0.2) is 18.2 Å². The highest BCUT2D eigenvalue weighted by molar-refractivity contribution is 5.33. The summed E-state index contributed by atoms with van der Waals surface area (Å²) < 4.78 is 2.15. The van der Waals surface area contributed by atoms with E-state index in [1.807, 2.05) is 7.05 Å². The van der Waals surface area contributed by atoms with Gasteiger partial charge in [0.1, 0.15) is 0 Å². The minimum Gasteiger partial charge on any atom is -0.311 e. The average Bonchev–Trinajstić information content (AvgIpc) is 2.73. The van der Waals surface area contributed by atoms with Gasteiger partial charge in [0.25, 0.3) is 0 Å². The molecule has 2 rings (SSSR count). The third-order valence-corrected chi connectivity index (χ3v) is 4.40. The van der Waals surface area contributed by atoms with Crippen molar-refractivity contribution in [3.05, 3.63) is 51.8 Å². The number of nitrogens with one attached hydrogen (secondary N) is 1. The third kappa shape index (κ3) is 3.18. The zero-order chi connectivity index (χ0) is 15.6. The van der Waals surface area contributed by atoms with Crippen molar-refractivity contribution in [3.63, 3.8) is 0 Å². The second-order valence-corrected chi connectivity index (χ2v) is 5.89. The van der Waals surface area contributed by atoms with E-state index in [0.29, 0.717) is 0 Å². The molecule has 3 nitrogen and oxygen atoms in total. The molecule has 1 atom stereocenters. The Labute approximate surface area is 128 Å². The van der Waals surface area contributed by atoms with Crippen molar-refractivity contribution in [1.29, 1.82) is 0 Å². The first-order valence-electron chi connectivity index (χ1n) is 7.75. The molecule has 0 fully saturated rings. The maximum absolute atomic E-state index is 4.72. The first kappa shape index (κ1) is 15.8. The van der Waals surface area contributed by atoms with Crippen LogP contribution in [0, 0.1) is 27.7 Å². The van der Waals surface area contributed by atoms with Crippen LogP contribution >= 0.6 is 0 Å². The molecule has 0 saturated carbocycles. The third-order valence-electron chi connectivity index (χ3n) is 4.40. The number of hydrogen-bond acceptors (Lipinski definition) is 2. The monoisotopic (exact) mass is 285 g/mol. The highest BCUT2D eigenvalue weighted by Gasteiger charge is 2.16. The van der Waals surface area contributed by atoms with Gasteiger partial charge in [0.2, 0.25) is 0 Å². The van der Waals surface area contributed by atoms with Gasteiger partial charge < -0.3 is 5.32 Å². The van der Waals surface area contributed by atoms with Gasteiger partial charge in [-0.15, -0.1) is 0 Å². The zero-order valence-electron chi connectivity index (χ0n) is 14.1. The highest BCUT2D eigenvalue weighted by atomic mass is 15.3. The highest BCUT2D eigenvalue weighted by Crippen LogP contribution is 2.22. The molecule has 0 amide bonds. The lowest BCUT2D eigenvalue weighted by atomic mass is 9.99. The molecule has 0 spiro atoms. The zero-order valence-corrected chi connectivity index (χ0v) is 14.1. The van der Waals surface area contributed by atoms with Crippen molar-refractivity contribution in [3.8, 4) is 0 Å². The molecule has 1 aromatic heterocycles. The van der Waals surface area contributed by atoms with Gasteiger partial charge in [0, 0.05) is 5.69 Å². The Morgan fingerprint density at radius 1 is 1.19 bits per heavy atom. The quantitative estimate of drug-likeness (QED) is 0.909. The van der Waals surface area contributed by atoms with Crippen LogP contribution in [0.5, 0.6) is 0 Å². The number of nitrogens with zero attached hydrogens (tertiary/aromatic N) is 2. The Morgan fingerprint density at radius 3 is 2.48 bits per heavy atom. The summed E-state index contributed by atoms with van der Waals surface area (Å²) >= 11 is 0. The van der Waals surface area contributed by atoms with Gasteiger partial charge in [-0.05, 0) is 57.9 Å². The number of hydrogen-bond donors (Lipinski definition) is 1. The maximum Gasteiger partial charge on any atom is 0.0628 e. The summed E-state index contributed by atoms with van der Waals surface area (Å²) in [5, 5.41) is 8.17. The van der Waals surface area contributed by atoms with Crippen molar-refractivity contribution in [2.75, 3.05) is 7.05 Å². The molecule has 0 aliphatic rings. The molecule has 1 unspecified atom stereocenters. The largest absolute Gasteiger partial charge is 0.311 e. The van der Waals surface area contributed by atoms with E-state index in [9.17, 15) is 0 Å². The molecular formula is C18H27N3. The van der Waals surface area contributed by atoms with Crippen molar-refractivity contribution in [2.45, 2.75) is 53.6 Å². The molecule has 0 aliphatic heterocycles. The average molecular weight is 285 g/mol. The smallest absolute Gasteiger partial charge is 0.0628 e. The van der Waals surface area contributed by atoms with E-state index in [1.54, 1.807) is 0 Å². The van der Waals surface area contributed by atoms with Crippen LogP contribution in [0.25, 0.3) is 0 Å². The van der Waals surface area contributed by atoms with Crippen molar-refractivity contribution < 1.29 is 0 Å². The van der Waals surface area contributed by atoms with Gasteiger partial charge in [-0.1, -0.05) is 30.7 Å². The molecule has 0 radical (unpaired) electrons. The Morgan fingerprint density at radius 2 is 1.90 bits per heavy atom. The molecule has 1 aromatic carbocycles. The number of aryl methyl sites for hydroxylation is 3. The Hall–Kier alpha value is -1.61. The van der Waals surface area contributed by atoms with Crippen molar-refractivity contribution in [1.82, 2.24) is 15.1 Å². The normalized spacial score (nSPS) is 12.7. The fraction of sp³-hybridized carbons (Fsp3) is 0.500. The molecule has 0 bridgehead atoms. The van der Waals surface area contributed by atoms with Gasteiger partial charge in [-0.25, -0.2) is 0 Å². The van der Waals surface area contributed by atoms with E-state index in [4.69, 9.17) is 5.10 Å². The standard InChI is InChI=1S/C18H27N3/c1-7-16-14(4)20-21(15(16)5)11-18(19-6)17-10-12(2)8-9-13(17)3/h8-10,18-19H,7,11H2,1-6H3. The summed E-state index contributed by atoms with van der Waals surface area (Å²) in [5.74, 6) is 0.